The number of phenolic OH excluding ortho intramolecular Hbond substituents is 1. The highest BCUT2D eigenvalue weighted by Gasteiger charge is 2.18. The predicted molar refractivity (Wildman–Crippen MR) is 88.5 cm³/mol. The zero-order valence-electron chi connectivity index (χ0n) is 12.5. The van der Waals surface area contributed by atoms with E-state index in [1.165, 1.54) is 0 Å². The van der Waals surface area contributed by atoms with Crippen molar-refractivity contribution in [1.82, 2.24) is 0 Å². The Hall–Kier alpha value is -1.74. The topological polar surface area (TPSA) is 29.5 Å². The van der Waals surface area contributed by atoms with Crippen molar-refractivity contribution < 1.29 is 14.2 Å². The summed E-state index contributed by atoms with van der Waals surface area (Å²) in [7, 11) is 0. The molecule has 0 radical (unpaired) electrons. The molecule has 0 saturated heterocycles. The summed E-state index contributed by atoms with van der Waals surface area (Å²) < 4.78 is 19.2. The largest absolute Gasteiger partial charge is 0.507 e. The van der Waals surface area contributed by atoms with E-state index < -0.39 is 11.5 Å². The lowest BCUT2D eigenvalue weighted by molar-refractivity contribution is 0.230. The fourth-order valence-corrected chi connectivity index (χ4v) is 2.38. The Kier molecular flexibility index (Phi) is 6.08. The third kappa shape index (κ3) is 4.38. The summed E-state index contributed by atoms with van der Waals surface area (Å²) in [6.45, 7) is 2.02. The molecule has 1 N–H and O–H groups in total. The molecular weight excluding hydrogens is 303 g/mol. The maximum absolute atomic E-state index is 13.7. The van der Waals surface area contributed by atoms with Gasteiger partial charge in [-0.25, -0.2) is 4.39 Å². The van der Waals surface area contributed by atoms with E-state index in [4.69, 9.17) is 16.3 Å². The van der Waals surface area contributed by atoms with Crippen LogP contribution in [0.5, 0.6) is 11.5 Å². The quantitative estimate of drug-likeness (QED) is 0.711. The Bertz CT molecular complexity index is 589. The van der Waals surface area contributed by atoms with Crippen LogP contribution in [0.2, 0.25) is 0 Å². The fourth-order valence-electron chi connectivity index (χ4n) is 2.19. The second kappa shape index (κ2) is 8.04. The highest BCUT2D eigenvalue weighted by atomic mass is 35.5. The molecule has 22 heavy (non-hydrogen) atoms. The van der Waals surface area contributed by atoms with Gasteiger partial charge in [0.05, 0.1) is 5.38 Å². The van der Waals surface area contributed by atoms with Gasteiger partial charge in [0.15, 0.2) is 0 Å². The van der Waals surface area contributed by atoms with Crippen molar-refractivity contribution in [3.05, 3.63) is 48.5 Å². The lowest BCUT2D eigenvalue weighted by atomic mass is 10.0. The molecule has 118 valence electrons. The summed E-state index contributed by atoms with van der Waals surface area (Å²) in [5, 5.41) is 9.31. The number of rotatable bonds is 7. The van der Waals surface area contributed by atoms with Crippen LogP contribution in [-0.2, 0) is 0 Å². The zero-order chi connectivity index (χ0) is 15.9. The normalized spacial score (nSPS) is 13.6. The van der Waals surface area contributed by atoms with Gasteiger partial charge in [0.1, 0.15) is 24.3 Å². The van der Waals surface area contributed by atoms with E-state index in [0.29, 0.717) is 17.7 Å². The van der Waals surface area contributed by atoms with Crippen molar-refractivity contribution in [2.75, 3.05) is 6.61 Å². The molecule has 0 aliphatic heterocycles. The average Bonchev–Trinajstić information content (AvgIpc) is 2.54. The van der Waals surface area contributed by atoms with Gasteiger partial charge >= 0.3 is 0 Å². The molecule has 0 heterocycles. The van der Waals surface area contributed by atoms with Gasteiger partial charge < -0.3 is 9.84 Å². The number of hydrogen-bond acceptors (Lipinski definition) is 2. The van der Waals surface area contributed by atoms with Crippen molar-refractivity contribution in [2.45, 2.75) is 31.3 Å². The number of halogens is 2. The van der Waals surface area contributed by atoms with Gasteiger partial charge in [0.2, 0.25) is 0 Å². The van der Waals surface area contributed by atoms with Crippen molar-refractivity contribution in [3.63, 3.8) is 0 Å². The molecular formula is C18H20ClFO2. The zero-order valence-corrected chi connectivity index (χ0v) is 13.3. The Morgan fingerprint density at radius 1 is 1.18 bits per heavy atom. The van der Waals surface area contributed by atoms with Gasteiger partial charge in [-0.1, -0.05) is 43.7 Å². The van der Waals surface area contributed by atoms with Crippen molar-refractivity contribution >= 4 is 11.6 Å². The Morgan fingerprint density at radius 2 is 1.91 bits per heavy atom. The fraction of sp³-hybridized carbons (Fsp3) is 0.333. The van der Waals surface area contributed by atoms with Crippen molar-refractivity contribution in [2.24, 2.45) is 0 Å². The molecule has 2 rings (SSSR count). The van der Waals surface area contributed by atoms with Crippen LogP contribution in [0.1, 0.15) is 19.8 Å². The molecule has 0 aromatic heterocycles. The number of phenols is 1. The molecule has 2 atom stereocenters. The number of alkyl halides is 2. The SMILES string of the molecule is CCCC(F)C(Cl)COc1ccc(O)c(-c2ccccc2)c1. The predicted octanol–water partition coefficient (Wildman–Crippen LogP) is 5.18. The van der Waals surface area contributed by atoms with Gasteiger partial charge in [-0.05, 0) is 30.2 Å². The number of ether oxygens (including phenoxy) is 1. The molecule has 4 heteroatoms. The summed E-state index contributed by atoms with van der Waals surface area (Å²) in [5.41, 5.74) is 1.57. The maximum atomic E-state index is 13.7. The van der Waals surface area contributed by atoms with E-state index >= 15 is 0 Å². The van der Waals surface area contributed by atoms with E-state index in [1.54, 1.807) is 18.2 Å². The van der Waals surface area contributed by atoms with Crippen LogP contribution in [0.15, 0.2) is 48.5 Å². The van der Waals surface area contributed by atoms with Gasteiger partial charge in [0, 0.05) is 5.56 Å². The molecule has 2 aromatic rings. The average molecular weight is 323 g/mol. The van der Waals surface area contributed by atoms with E-state index in [-0.39, 0.29) is 12.4 Å². The molecule has 0 bridgehead atoms. The molecule has 2 nitrogen and oxygen atoms in total. The molecule has 0 amide bonds. The maximum Gasteiger partial charge on any atom is 0.123 e. The first-order valence-corrected chi connectivity index (χ1v) is 7.84. The number of hydrogen-bond donors (Lipinski definition) is 1. The van der Waals surface area contributed by atoms with E-state index in [1.807, 2.05) is 37.3 Å². The smallest absolute Gasteiger partial charge is 0.123 e. The van der Waals surface area contributed by atoms with Crippen molar-refractivity contribution in [3.8, 4) is 22.6 Å². The summed E-state index contributed by atoms with van der Waals surface area (Å²) in [4.78, 5) is 0. The van der Waals surface area contributed by atoms with Crippen LogP contribution in [0.25, 0.3) is 11.1 Å². The van der Waals surface area contributed by atoms with E-state index in [2.05, 4.69) is 0 Å². The third-order valence-electron chi connectivity index (χ3n) is 3.42. The summed E-state index contributed by atoms with van der Waals surface area (Å²) in [6, 6.07) is 14.5. The highest BCUT2D eigenvalue weighted by Crippen LogP contribution is 2.32. The van der Waals surface area contributed by atoms with Gasteiger partial charge in [-0.3, -0.25) is 0 Å². The first-order valence-electron chi connectivity index (χ1n) is 7.41. The molecule has 2 unspecified atom stereocenters. The van der Waals surface area contributed by atoms with Crippen LogP contribution >= 0.6 is 11.6 Å². The third-order valence-corrected chi connectivity index (χ3v) is 3.82. The van der Waals surface area contributed by atoms with E-state index in [0.717, 1.165) is 12.0 Å². The highest BCUT2D eigenvalue weighted by molar-refractivity contribution is 6.21. The Labute approximate surface area is 135 Å². The molecule has 0 saturated carbocycles. The number of benzene rings is 2. The lowest BCUT2D eigenvalue weighted by Crippen LogP contribution is -2.23. The standard InChI is InChI=1S/C18H20ClFO2/c1-2-6-17(20)16(19)12-22-14-9-10-18(21)15(11-14)13-7-4-3-5-8-13/h3-5,7-11,16-17,21H,2,6,12H2,1H3. The van der Waals surface area contributed by atoms with Gasteiger partial charge in [0.25, 0.3) is 0 Å². The molecule has 2 aromatic carbocycles. The van der Waals surface area contributed by atoms with Gasteiger partial charge in [-0.15, -0.1) is 11.6 Å². The minimum Gasteiger partial charge on any atom is -0.507 e. The number of aromatic hydroxyl groups is 1. The van der Waals surface area contributed by atoms with Gasteiger partial charge in [-0.2, -0.15) is 0 Å². The summed E-state index contributed by atoms with van der Waals surface area (Å²) in [5.74, 6) is 0.737. The second-order valence-corrected chi connectivity index (χ2v) is 5.74. The molecule has 0 fully saturated rings. The minimum absolute atomic E-state index is 0.0989. The molecule has 0 aliphatic rings. The first kappa shape index (κ1) is 16.6. The lowest BCUT2D eigenvalue weighted by Gasteiger charge is -2.16. The van der Waals surface area contributed by atoms with Crippen LogP contribution in [0, 0.1) is 0 Å². The van der Waals surface area contributed by atoms with E-state index in [9.17, 15) is 9.50 Å². The first-order chi connectivity index (χ1) is 10.6. The van der Waals surface area contributed by atoms with Crippen molar-refractivity contribution in [1.29, 1.82) is 0 Å². The Morgan fingerprint density at radius 3 is 2.59 bits per heavy atom. The van der Waals surface area contributed by atoms with Crippen LogP contribution in [0.4, 0.5) is 4.39 Å². The summed E-state index contributed by atoms with van der Waals surface area (Å²) in [6.07, 6.45) is 0.113. The van der Waals surface area contributed by atoms with Crippen LogP contribution < -0.4 is 4.74 Å². The summed E-state index contributed by atoms with van der Waals surface area (Å²) >= 11 is 6.00. The monoisotopic (exact) mass is 322 g/mol. The molecule has 0 aliphatic carbocycles. The van der Waals surface area contributed by atoms with Crippen LogP contribution in [0.3, 0.4) is 0 Å². The van der Waals surface area contributed by atoms with Crippen LogP contribution in [-0.4, -0.2) is 23.3 Å². The molecule has 0 spiro atoms. The Balaban J connectivity index is 2.07. The minimum atomic E-state index is -1.07. The second-order valence-electron chi connectivity index (χ2n) is 5.18.